The molecule has 0 saturated carbocycles. The molecule has 0 saturated heterocycles. The third-order valence-electron chi connectivity index (χ3n) is 2.90. The molecule has 0 bridgehead atoms. The molecule has 1 nitrogen and oxygen atoms in total. The Kier molecular flexibility index (Phi) is 5.10. The lowest BCUT2D eigenvalue weighted by Gasteiger charge is -2.19. The van der Waals surface area contributed by atoms with Crippen LogP contribution in [0.2, 0.25) is 5.02 Å². The number of anilines is 1. The molecule has 0 atom stereocenters. The minimum atomic E-state index is 0.797. The SMILES string of the molecule is CN(CCc1cccs1)c1ccc(CBr)c(Cl)c1. The van der Waals surface area contributed by atoms with Crippen molar-refractivity contribution in [1.29, 1.82) is 0 Å². The molecular formula is C14H15BrClNS. The van der Waals surface area contributed by atoms with Gasteiger partial charge in [-0.05, 0) is 35.6 Å². The summed E-state index contributed by atoms with van der Waals surface area (Å²) in [4.78, 5) is 3.66. The summed E-state index contributed by atoms with van der Waals surface area (Å²) in [6.07, 6.45) is 1.08. The molecule has 4 heteroatoms. The van der Waals surface area contributed by atoms with E-state index in [1.165, 1.54) is 10.6 Å². The van der Waals surface area contributed by atoms with Crippen molar-refractivity contribution < 1.29 is 0 Å². The average Bonchev–Trinajstić information content (AvgIpc) is 2.89. The van der Waals surface area contributed by atoms with Crippen molar-refractivity contribution in [2.75, 3.05) is 18.5 Å². The van der Waals surface area contributed by atoms with Crippen LogP contribution < -0.4 is 4.90 Å². The second kappa shape index (κ2) is 6.60. The summed E-state index contributed by atoms with van der Waals surface area (Å²) in [7, 11) is 2.10. The molecule has 0 fully saturated rings. The Morgan fingerprint density at radius 1 is 1.33 bits per heavy atom. The number of benzene rings is 1. The zero-order valence-electron chi connectivity index (χ0n) is 10.2. The van der Waals surface area contributed by atoms with Gasteiger partial charge in [-0.3, -0.25) is 0 Å². The third-order valence-corrected chi connectivity index (χ3v) is 4.79. The molecular weight excluding hydrogens is 330 g/mol. The van der Waals surface area contributed by atoms with E-state index in [9.17, 15) is 0 Å². The van der Waals surface area contributed by atoms with Crippen molar-refractivity contribution >= 4 is 44.6 Å². The van der Waals surface area contributed by atoms with Gasteiger partial charge in [-0.1, -0.05) is 39.7 Å². The molecule has 0 aliphatic heterocycles. The summed E-state index contributed by atoms with van der Waals surface area (Å²) in [5, 5.41) is 3.74. The molecule has 1 aromatic heterocycles. The first kappa shape index (κ1) is 13.9. The molecule has 1 heterocycles. The molecule has 96 valence electrons. The lowest BCUT2D eigenvalue weighted by molar-refractivity contribution is 0.887. The van der Waals surface area contributed by atoms with Gasteiger partial charge in [-0.25, -0.2) is 0 Å². The largest absolute Gasteiger partial charge is 0.374 e. The number of nitrogens with zero attached hydrogens (tertiary/aromatic N) is 1. The number of rotatable bonds is 5. The number of likely N-dealkylation sites (N-methyl/N-ethyl adjacent to an activating group) is 1. The van der Waals surface area contributed by atoms with Crippen LogP contribution >= 0.6 is 38.9 Å². The fourth-order valence-electron chi connectivity index (χ4n) is 1.74. The predicted molar refractivity (Wildman–Crippen MR) is 85.4 cm³/mol. The lowest BCUT2D eigenvalue weighted by Crippen LogP contribution is -2.19. The summed E-state index contributed by atoms with van der Waals surface area (Å²) < 4.78 is 0. The molecule has 2 rings (SSSR count). The van der Waals surface area contributed by atoms with E-state index in [2.05, 4.69) is 57.5 Å². The molecule has 2 aromatic rings. The van der Waals surface area contributed by atoms with Crippen LogP contribution in [0.1, 0.15) is 10.4 Å². The Labute approximate surface area is 126 Å². The Morgan fingerprint density at radius 3 is 2.78 bits per heavy atom. The van der Waals surface area contributed by atoms with Gasteiger partial charge >= 0.3 is 0 Å². The monoisotopic (exact) mass is 343 g/mol. The highest BCUT2D eigenvalue weighted by Gasteiger charge is 2.05. The van der Waals surface area contributed by atoms with Crippen molar-refractivity contribution in [3.8, 4) is 0 Å². The van der Waals surface area contributed by atoms with Crippen LogP contribution in [0.3, 0.4) is 0 Å². The molecule has 0 spiro atoms. The molecule has 0 unspecified atom stereocenters. The topological polar surface area (TPSA) is 3.24 Å². The molecule has 0 radical (unpaired) electrons. The fraction of sp³-hybridized carbons (Fsp3) is 0.286. The number of hydrogen-bond acceptors (Lipinski definition) is 2. The summed E-state index contributed by atoms with van der Waals surface area (Å²) in [6, 6.07) is 10.5. The molecule has 0 aliphatic carbocycles. The smallest absolute Gasteiger partial charge is 0.0467 e. The zero-order chi connectivity index (χ0) is 13.0. The van der Waals surface area contributed by atoms with E-state index in [-0.39, 0.29) is 0 Å². The van der Waals surface area contributed by atoms with Gasteiger partial charge < -0.3 is 4.90 Å². The maximum Gasteiger partial charge on any atom is 0.0467 e. The van der Waals surface area contributed by atoms with Crippen molar-refractivity contribution in [2.24, 2.45) is 0 Å². The quantitative estimate of drug-likeness (QED) is 0.692. The minimum Gasteiger partial charge on any atom is -0.374 e. The van der Waals surface area contributed by atoms with Gasteiger partial charge in [0.1, 0.15) is 0 Å². The molecule has 0 amide bonds. The van der Waals surface area contributed by atoms with Crippen molar-refractivity contribution in [3.63, 3.8) is 0 Å². The van der Waals surface area contributed by atoms with Crippen LogP contribution in [-0.4, -0.2) is 13.6 Å². The summed E-state index contributed by atoms with van der Waals surface area (Å²) in [6.45, 7) is 1.00. The molecule has 18 heavy (non-hydrogen) atoms. The van der Waals surface area contributed by atoms with E-state index in [0.717, 1.165) is 28.9 Å². The summed E-state index contributed by atoms with van der Waals surface area (Å²) in [5.74, 6) is 0. The molecule has 0 aliphatic rings. The highest BCUT2D eigenvalue weighted by atomic mass is 79.9. The maximum absolute atomic E-state index is 6.22. The second-order valence-electron chi connectivity index (χ2n) is 4.16. The maximum atomic E-state index is 6.22. The summed E-state index contributed by atoms with van der Waals surface area (Å²) >= 11 is 11.5. The highest BCUT2D eigenvalue weighted by molar-refractivity contribution is 9.08. The zero-order valence-corrected chi connectivity index (χ0v) is 13.4. The number of thiophene rings is 1. The number of hydrogen-bond donors (Lipinski definition) is 0. The number of alkyl halides is 1. The van der Waals surface area contributed by atoms with Crippen LogP contribution in [0.4, 0.5) is 5.69 Å². The Balaban J connectivity index is 2.00. The van der Waals surface area contributed by atoms with Crippen LogP contribution in [0.5, 0.6) is 0 Å². The van der Waals surface area contributed by atoms with Crippen LogP contribution in [-0.2, 0) is 11.8 Å². The van der Waals surface area contributed by atoms with Crippen LogP contribution in [0, 0.1) is 0 Å². The van der Waals surface area contributed by atoms with Crippen molar-refractivity contribution in [1.82, 2.24) is 0 Å². The number of halogens is 2. The first-order chi connectivity index (χ1) is 8.70. The van der Waals surface area contributed by atoms with Crippen LogP contribution in [0.15, 0.2) is 35.7 Å². The first-order valence-electron chi connectivity index (χ1n) is 5.78. The van der Waals surface area contributed by atoms with Crippen molar-refractivity contribution in [2.45, 2.75) is 11.8 Å². The molecule has 0 N–H and O–H groups in total. The van der Waals surface area contributed by atoms with Gasteiger partial charge in [-0.2, -0.15) is 0 Å². The van der Waals surface area contributed by atoms with E-state index < -0.39 is 0 Å². The molecule has 1 aromatic carbocycles. The second-order valence-corrected chi connectivity index (χ2v) is 6.16. The fourth-order valence-corrected chi connectivity index (χ4v) is 3.33. The minimum absolute atomic E-state index is 0.797. The predicted octanol–water partition coefficient (Wildman–Crippen LogP) is 4.98. The Morgan fingerprint density at radius 2 is 2.17 bits per heavy atom. The Hall–Kier alpha value is -0.510. The van der Waals surface area contributed by atoms with Gasteiger partial charge in [0.05, 0.1) is 0 Å². The van der Waals surface area contributed by atoms with Gasteiger partial charge in [0.15, 0.2) is 0 Å². The summed E-state index contributed by atoms with van der Waals surface area (Å²) in [5.41, 5.74) is 2.30. The van der Waals surface area contributed by atoms with E-state index in [1.807, 2.05) is 17.4 Å². The average molecular weight is 345 g/mol. The third kappa shape index (κ3) is 3.50. The Bertz CT molecular complexity index is 499. The van der Waals surface area contributed by atoms with E-state index in [1.54, 1.807) is 0 Å². The van der Waals surface area contributed by atoms with Gasteiger partial charge in [0.25, 0.3) is 0 Å². The van der Waals surface area contributed by atoms with E-state index in [4.69, 9.17) is 11.6 Å². The first-order valence-corrected chi connectivity index (χ1v) is 8.16. The van der Waals surface area contributed by atoms with E-state index >= 15 is 0 Å². The standard InChI is InChI=1S/C14H15BrClNS/c1-17(7-6-13-3-2-8-18-13)12-5-4-11(10-15)14(16)9-12/h2-5,8-9H,6-7,10H2,1H3. The van der Waals surface area contributed by atoms with Crippen LogP contribution in [0.25, 0.3) is 0 Å². The van der Waals surface area contributed by atoms with Gasteiger partial charge in [-0.15, -0.1) is 11.3 Å². The van der Waals surface area contributed by atoms with Gasteiger partial charge in [0, 0.05) is 34.5 Å². The van der Waals surface area contributed by atoms with E-state index in [0.29, 0.717) is 0 Å². The normalized spacial score (nSPS) is 10.6. The highest BCUT2D eigenvalue weighted by Crippen LogP contribution is 2.25. The van der Waals surface area contributed by atoms with Gasteiger partial charge in [0.2, 0.25) is 0 Å². The van der Waals surface area contributed by atoms with Crippen molar-refractivity contribution in [3.05, 3.63) is 51.2 Å². The lowest BCUT2D eigenvalue weighted by atomic mass is 10.2.